The molecule has 1 atom stereocenters. The van der Waals surface area contributed by atoms with Gasteiger partial charge in [-0.2, -0.15) is 10.1 Å². The van der Waals surface area contributed by atoms with E-state index in [1.165, 1.54) is 4.68 Å². The highest BCUT2D eigenvalue weighted by atomic mass is 16.5. The molecule has 4 rings (SSSR count). The number of rotatable bonds is 6. The number of hydrogen-bond donors (Lipinski definition) is 2. The van der Waals surface area contributed by atoms with E-state index in [4.69, 9.17) is 4.74 Å². The molecule has 0 spiro atoms. The molecule has 0 bridgehead atoms. The van der Waals surface area contributed by atoms with E-state index in [1.54, 1.807) is 6.07 Å². The van der Waals surface area contributed by atoms with Crippen LogP contribution in [0.15, 0.2) is 29.1 Å². The summed E-state index contributed by atoms with van der Waals surface area (Å²) in [6.45, 7) is 5.23. The van der Waals surface area contributed by atoms with Gasteiger partial charge in [0, 0.05) is 18.5 Å². The predicted molar refractivity (Wildman–Crippen MR) is 107 cm³/mol. The molecule has 1 aliphatic rings. The third-order valence-electron chi connectivity index (χ3n) is 4.80. The summed E-state index contributed by atoms with van der Waals surface area (Å²) in [7, 11) is 0. The third kappa shape index (κ3) is 4.19. The van der Waals surface area contributed by atoms with Crippen molar-refractivity contribution in [3.05, 3.63) is 46.1 Å². The lowest BCUT2D eigenvalue weighted by Crippen LogP contribution is -2.28. The second-order valence-electron chi connectivity index (χ2n) is 7.64. The molecule has 2 N–H and O–H groups in total. The van der Waals surface area contributed by atoms with Crippen molar-refractivity contribution >= 4 is 22.6 Å². The number of amides is 1. The zero-order valence-corrected chi connectivity index (χ0v) is 16.5. The van der Waals surface area contributed by atoms with Gasteiger partial charge in [0.05, 0.1) is 17.5 Å². The van der Waals surface area contributed by atoms with Crippen molar-refractivity contribution < 1.29 is 9.53 Å². The number of nitrogens with one attached hydrogen (secondary N) is 2. The number of carbonyl (C=O) groups excluding carboxylic acids is 1. The molecule has 0 saturated carbocycles. The Kier molecular flexibility index (Phi) is 5.39. The Labute approximate surface area is 167 Å². The molecule has 1 saturated heterocycles. The van der Waals surface area contributed by atoms with Crippen molar-refractivity contribution in [3.63, 3.8) is 0 Å². The van der Waals surface area contributed by atoms with Crippen LogP contribution in [0.5, 0.6) is 0 Å². The van der Waals surface area contributed by atoms with E-state index >= 15 is 0 Å². The summed E-state index contributed by atoms with van der Waals surface area (Å²) in [6.07, 6.45) is 1.79. The summed E-state index contributed by atoms with van der Waals surface area (Å²) in [5.74, 6) is 0.787. The number of hydrogen-bond acceptors (Lipinski definition) is 6. The van der Waals surface area contributed by atoms with Crippen LogP contribution in [-0.4, -0.2) is 37.5 Å². The Bertz CT molecular complexity index is 1080. The topological polar surface area (TPSA) is 115 Å². The van der Waals surface area contributed by atoms with Gasteiger partial charge in [-0.1, -0.05) is 32.0 Å². The van der Waals surface area contributed by atoms with Gasteiger partial charge < -0.3 is 4.74 Å². The first kappa shape index (κ1) is 19.3. The number of anilines is 1. The maximum absolute atomic E-state index is 12.7. The molecule has 0 unspecified atom stereocenters. The van der Waals surface area contributed by atoms with Crippen molar-refractivity contribution in [3.8, 4) is 0 Å². The fraction of sp³-hybridized carbons (Fsp3) is 0.450. The molecule has 152 valence electrons. The van der Waals surface area contributed by atoms with Crippen LogP contribution in [0.4, 0.5) is 5.95 Å². The lowest BCUT2D eigenvalue weighted by molar-refractivity contribution is -0.115. The van der Waals surface area contributed by atoms with Crippen molar-refractivity contribution in [2.45, 2.75) is 45.8 Å². The summed E-state index contributed by atoms with van der Waals surface area (Å²) in [5.41, 5.74) is 0.405. The Morgan fingerprint density at radius 1 is 1.34 bits per heavy atom. The molecule has 1 fully saturated rings. The van der Waals surface area contributed by atoms with Crippen LogP contribution in [0.2, 0.25) is 0 Å². The number of aromatic nitrogens is 5. The van der Waals surface area contributed by atoms with Crippen molar-refractivity contribution in [2.75, 3.05) is 11.9 Å². The van der Waals surface area contributed by atoms with Crippen LogP contribution in [0.1, 0.15) is 44.3 Å². The number of carbonyl (C=O) groups is 1. The summed E-state index contributed by atoms with van der Waals surface area (Å²) in [5, 5.41) is 15.3. The number of aromatic amines is 1. The van der Waals surface area contributed by atoms with Gasteiger partial charge in [-0.05, 0) is 24.8 Å². The minimum Gasteiger partial charge on any atom is -0.370 e. The summed E-state index contributed by atoms with van der Waals surface area (Å²) < 4.78 is 7.01. The second kappa shape index (κ2) is 8.12. The zero-order chi connectivity index (χ0) is 20.4. The fourth-order valence-corrected chi connectivity index (χ4v) is 3.49. The average molecular weight is 396 g/mol. The molecule has 29 heavy (non-hydrogen) atoms. The predicted octanol–water partition coefficient (Wildman–Crippen LogP) is 2.20. The Balaban J connectivity index is 1.56. The van der Waals surface area contributed by atoms with Crippen molar-refractivity contribution in [2.24, 2.45) is 5.92 Å². The molecule has 9 heteroatoms. The Morgan fingerprint density at radius 3 is 2.86 bits per heavy atom. The van der Waals surface area contributed by atoms with Gasteiger partial charge >= 0.3 is 0 Å². The van der Waals surface area contributed by atoms with Gasteiger partial charge in [0.15, 0.2) is 5.82 Å². The SMILES string of the molecule is CC(C)Cn1nc(CC(=O)Nc2n[nH]c([C@H]3CCCO3)n2)c2ccccc2c1=O. The molecule has 0 radical (unpaired) electrons. The molecule has 3 heterocycles. The van der Waals surface area contributed by atoms with Crippen molar-refractivity contribution in [1.82, 2.24) is 25.0 Å². The first-order valence-corrected chi connectivity index (χ1v) is 9.83. The third-order valence-corrected chi connectivity index (χ3v) is 4.80. The van der Waals surface area contributed by atoms with Gasteiger partial charge in [-0.25, -0.2) is 4.68 Å². The van der Waals surface area contributed by atoms with E-state index < -0.39 is 0 Å². The van der Waals surface area contributed by atoms with Gasteiger partial charge in [0.1, 0.15) is 6.10 Å². The standard InChI is InChI=1S/C20H24N6O3/c1-12(2)11-26-19(28)14-7-4-3-6-13(14)15(25-26)10-17(27)21-20-22-18(23-24-20)16-8-5-9-29-16/h3-4,6-7,12,16H,5,8-11H2,1-2H3,(H2,21,22,23,24,27)/t16-/m1/s1. The summed E-state index contributed by atoms with van der Waals surface area (Å²) >= 11 is 0. The van der Waals surface area contributed by atoms with Gasteiger partial charge in [0.2, 0.25) is 11.9 Å². The smallest absolute Gasteiger partial charge is 0.274 e. The maximum Gasteiger partial charge on any atom is 0.274 e. The molecule has 2 aromatic heterocycles. The number of H-pyrrole nitrogens is 1. The highest BCUT2D eigenvalue weighted by molar-refractivity contribution is 5.94. The van der Waals surface area contributed by atoms with Gasteiger partial charge in [0.25, 0.3) is 5.56 Å². The largest absolute Gasteiger partial charge is 0.370 e. The fourth-order valence-electron chi connectivity index (χ4n) is 3.49. The van der Waals surface area contributed by atoms with Crippen LogP contribution in [0.25, 0.3) is 10.8 Å². The number of benzene rings is 1. The molecule has 9 nitrogen and oxygen atoms in total. The highest BCUT2D eigenvalue weighted by Gasteiger charge is 2.22. The minimum absolute atomic E-state index is 0.0166. The second-order valence-corrected chi connectivity index (χ2v) is 7.64. The van der Waals surface area contributed by atoms with E-state index in [0.717, 1.165) is 12.8 Å². The molecular weight excluding hydrogens is 372 g/mol. The van der Waals surface area contributed by atoms with Crippen LogP contribution < -0.4 is 10.9 Å². The van der Waals surface area contributed by atoms with Crippen LogP contribution in [-0.2, 0) is 22.5 Å². The van der Waals surface area contributed by atoms with E-state index in [1.807, 2.05) is 32.0 Å². The average Bonchev–Trinajstić information content (AvgIpc) is 3.37. The molecule has 1 aliphatic heterocycles. The number of ether oxygens (including phenoxy) is 1. The maximum atomic E-state index is 12.7. The zero-order valence-electron chi connectivity index (χ0n) is 16.5. The van der Waals surface area contributed by atoms with E-state index in [9.17, 15) is 9.59 Å². The molecule has 1 aromatic carbocycles. The Hall–Kier alpha value is -3.07. The molecule has 1 amide bonds. The summed E-state index contributed by atoms with van der Waals surface area (Å²) in [4.78, 5) is 29.6. The monoisotopic (exact) mass is 396 g/mol. The number of fused-ring (bicyclic) bond motifs is 1. The molecule has 3 aromatic rings. The lowest BCUT2D eigenvalue weighted by atomic mass is 10.1. The van der Waals surface area contributed by atoms with E-state index in [-0.39, 0.29) is 35.9 Å². The normalized spacial score (nSPS) is 16.6. The van der Waals surface area contributed by atoms with Gasteiger partial charge in [-0.3, -0.25) is 20.0 Å². The summed E-state index contributed by atoms with van der Waals surface area (Å²) in [6, 6.07) is 7.23. The lowest BCUT2D eigenvalue weighted by Gasteiger charge is -2.12. The number of nitrogens with zero attached hydrogens (tertiary/aromatic N) is 4. The van der Waals surface area contributed by atoms with Crippen molar-refractivity contribution in [1.29, 1.82) is 0 Å². The first-order chi connectivity index (χ1) is 14.0. The minimum atomic E-state index is -0.296. The molecule has 0 aliphatic carbocycles. The first-order valence-electron chi connectivity index (χ1n) is 9.83. The van der Waals surface area contributed by atoms with Crippen LogP contribution in [0.3, 0.4) is 0 Å². The van der Waals surface area contributed by atoms with E-state index in [0.29, 0.717) is 35.4 Å². The highest BCUT2D eigenvalue weighted by Crippen LogP contribution is 2.26. The van der Waals surface area contributed by atoms with Crippen LogP contribution in [0, 0.1) is 5.92 Å². The van der Waals surface area contributed by atoms with Crippen LogP contribution >= 0.6 is 0 Å². The quantitative estimate of drug-likeness (QED) is 0.660. The Morgan fingerprint density at radius 2 is 2.14 bits per heavy atom. The van der Waals surface area contributed by atoms with E-state index in [2.05, 4.69) is 25.6 Å². The van der Waals surface area contributed by atoms with Gasteiger partial charge in [-0.15, -0.1) is 5.10 Å². The molecular formula is C20H24N6O3.